The lowest BCUT2D eigenvalue weighted by molar-refractivity contribution is -0.137. The standard InChI is InChI=1S/C31H39FN6O6S/c1-5-37(6-2)30-33-18-27(38(19-22-7-8-22)20-45(42,43)25-15-11-23(32)12-16-25)28(35-30)34-26(29(39)40)17-21-9-13-24(14-10-21)44-31(41)36(3)4/h9-16,18,22,26H,5-8,17,19-20H2,1-4H3,(H,39,40)(H,33,34,35). The molecule has 1 amide bonds. The zero-order valence-corrected chi connectivity index (χ0v) is 26.6. The molecule has 0 radical (unpaired) electrons. The fourth-order valence-corrected chi connectivity index (χ4v) is 5.96. The summed E-state index contributed by atoms with van der Waals surface area (Å²) in [4.78, 5) is 38.4. The van der Waals surface area contributed by atoms with Crippen molar-refractivity contribution < 1.29 is 32.2 Å². The van der Waals surface area contributed by atoms with Crippen LogP contribution in [0.4, 0.5) is 26.6 Å². The molecule has 1 unspecified atom stereocenters. The number of aromatic nitrogens is 2. The smallest absolute Gasteiger partial charge is 0.414 e. The number of anilines is 3. The number of hydrogen-bond donors (Lipinski definition) is 2. The number of aliphatic carboxylic acids is 1. The van der Waals surface area contributed by atoms with Crippen molar-refractivity contribution in [2.24, 2.45) is 5.92 Å². The summed E-state index contributed by atoms with van der Waals surface area (Å²) in [6.07, 6.45) is 2.92. The molecule has 1 heterocycles. The van der Waals surface area contributed by atoms with E-state index in [4.69, 9.17) is 9.72 Å². The molecule has 4 rings (SSSR count). The summed E-state index contributed by atoms with van der Waals surface area (Å²) < 4.78 is 45.7. The quantitative estimate of drug-likeness (QED) is 0.229. The van der Waals surface area contributed by atoms with Gasteiger partial charge < -0.3 is 29.9 Å². The summed E-state index contributed by atoms with van der Waals surface area (Å²) in [5, 5.41) is 13.3. The normalized spacial score (nSPS) is 13.5. The maximum absolute atomic E-state index is 13.5. The van der Waals surface area contributed by atoms with Crippen molar-refractivity contribution in [2.45, 2.75) is 44.0 Å². The van der Waals surface area contributed by atoms with Gasteiger partial charge >= 0.3 is 12.1 Å². The van der Waals surface area contributed by atoms with Gasteiger partial charge in [-0.15, -0.1) is 0 Å². The minimum absolute atomic E-state index is 0.0250. The zero-order valence-electron chi connectivity index (χ0n) is 25.8. The number of benzene rings is 2. The summed E-state index contributed by atoms with van der Waals surface area (Å²) in [6.45, 7) is 5.50. The molecule has 12 nitrogen and oxygen atoms in total. The number of ether oxygens (including phenoxy) is 1. The van der Waals surface area contributed by atoms with Crippen molar-refractivity contribution in [1.82, 2.24) is 14.9 Å². The van der Waals surface area contributed by atoms with Crippen LogP contribution in [-0.2, 0) is 21.1 Å². The van der Waals surface area contributed by atoms with Crippen LogP contribution in [0.25, 0.3) is 0 Å². The maximum Gasteiger partial charge on any atom is 0.414 e. The summed E-state index contributed by atoms with van der Waals surface area (Å²) >= 11 is 0. The van der Waals surface area contributed by atoms with Crippen LogP contribution in [-0.4, -0.2) is 86.1 Å². The molecule has 1 atom stereocenters. The summed E-state index contributed by atoms with van der Waals surface area (Å²) in [6, 6.07) is 10.0. The van der Waals surface area contributed by atoms with Gasteiger partial charge in [-0.3, -0.25) is 0 Å². The minimum atomic E-state index is -3.90. The molecular formula is C31H39FN6O6S. The van der Waals surface area contributed by atoms with Crippen LogP contribution in [0.1, 0.15) is 32.3 Å². The van der Waals surface area contributed by atoms with Crippen LogP contribution < -0.4 is 19.9 Å². The highest BCUT2D eigenvalue weighted by molar-refractivity contribution is 7.91. The number of sulfone groups is 1. The van der Waals surface area contributed by atoms with Gasteiger partial charge in [0, 0.05) is 40.2 Å². The van der Waals surface area contributed by atoms with Gasteiger partial charge in [-0.2, -0.15) is 4.98 Å². The highest BCUT2D eigenvalue weighted by atomic mass is 32.2. The molecule has 1 aliphatic rings. The SMILES string of the molecule is CCN(CC)c1ncc(N(CC2CC2)CS(=O)(=O)c2ccc(F)cc2)c(NC(Cc2ccc(OC(=O)N(C)C)cc2)C(=O)O)n1. The number of carboxylic acid groups (broad SMARTS) is 1. The Labute approximate surface area is 262 Å². The first-order valence-electron chi connectivity index (χ1n) is 14.7. The van der Waals surface area contributed by atoms with E-state index in [0.717, 1.165) is 25.0 Å². The van der Waals surface area contributed by atoms with Crippen molar-refractivity contribution in [2.75, 3.05) is 54.7 Å². The number of rotatable bonds is 15. The third-order valence-electron chi connectivity index (χ3n) is 7.36. The highest BCUT2D eigenvalue weighted by Crippen LogP contribution is 2.35. The lowest BCUT2D eigenvalue weighted by Crippen LogP contribution is -2.36. The molecule has 1 saturated carbocycles. The van der Waals surface area contributed by atoms with Crippen molar-refractivity contribution in [3.05, 3.63) is 66.1 Å². The molecule has 0 aliphatic heterocycles. The van der Waals surface area contributed by atoms with E-state index in [1.54, 1.807) is 43.3 Å². The van der Waals surface area contributed by atoms with Gasteiger partial charge in [-0.1, -0.05) is 12.1 Å². The Bertz CT molecular complexity index is 1580. The van der Waals surface area contributed by atoms with Crippen LogP contribution in [0.2, 0.25) is 0 Å². The average Bonchev–Trinajstić information content (AvgIpc) is 3.82. The molecule has 2 N–H and O–H groups in total. The van der Waals surface area contributed by atoms with Crippen LogP contribution in [0.15, 0.2) is 59.6 Å². The van der Waals surface area contributed by atoms with Crippen molar-refractivity contribution in [3.8, 4) is 5.75 Å². The number of hydrogen-bond acceptors (Lipinski definition) is 10. The number of halogens is 1. The highest BCUT2D eigenvalue weighted by Gasteiger charge is 2.31. The molecular weight excluding hydrogens is 603 g/mol. The zero-order chi connectivity index (χ0) is 32.7. The molecule has 242 valence electrons. The number of carbonyl (C=O) groups excluding carboxylic acids is 1. The monoisotopic (exact) mass is 642 g/mol. The average molecular weight is 643 g/mol. The maximum atomic E-state index is 13.5. The van der Waals surface area contributed by atoms with Gasteiger partial charge in [-0.25, -0.2) is 27.4 Å². The lowest BCUT2D eigenvalue weighted by Gasteiger charge is -2.29. The van der Waals surface area contributed by atoms with Gasteiger partial charge in [0.05, 0.1) is 16.8 Å². The number of carboxylic acids is 1. The van der Waals surface area contributed by atoms with Gasteiger partial charge in [0.2, 0.25) is 5.95 Å². The molecule has 0 saturated heterocycles. The Balaban J connectivity index is 1.67. The number of nitrogens with one attached hydrogen (secondary N) is 1. The van der Waals surface area contributed by atoms with E-state index < -0.39 is 39.6 Å². The third kappa shape index (κ3) is 9.03. The summed E-state index contributed by atoms with van der Waals surface area (Å²) in [5.41, 5.74) is 1.01. The molecule has 0 bridgehead atoms. The molecule has 1 fully saturated rings. The van der Waals surface area contributed by atoms with E-state index in [1.165, 1.54) is 23.2 Å². The third-order valence-corrected chi connectivity index (χ3v) is 9.00. The molecule has 2 aromatic carbocycles. The van der Waals surface area contributed by atoms with Crippen LogP contribution >= 0.6 is 0 Å². The Morgan fingerprint density at radius 1 is 1.04 bits per heavy atom. The first kappa shape index (κ1) is 33.4. The fraction of sp³-hybridized carbons (Fsp3) is 0.419. The Morgan fingerprint density at radius 2 is 1.69 bits per heavy atom. The van der Waals surface area contributed by atoms with Crippen LogP contribution in [0, 0.1) is 11.7 Å². The Kier molecular flexibility index (Phi) is 10.8. The first-order chi connectivity index (χ1) is 21.4. The van der Waals surface area contributed by atoms with Gasteiger partial charge in [0.1, 0.15) is 23.5 Å². The molecule has 45 heavy (non-hydrogen) atoms. The van der Waals surface area contributed by atoms with E-state index in [9.17, 15) is 27.5 Å². The minimum Gasteiger partial charge on any atom is -0.480 e. The Hall–Kier alpha value is -4.46. The molecule has 0 spiro atoms. The van der Waals surface area contributed by atoms with Crippen molar-refractivity contribution >= 4 is 39.4 Å². The van der Waals surface area contributed by atoms with E-state index in [-0.39, 0.29) is 23.1 Å². The molecule has 3 aromatic rings. The van der Waals surface area contributed by atoms with E-state index in [1.807, 2.05) is 18.7 Å². The second-order valence-corrected chi connectivity index (χ2v) is 13.0. The fourth-order valence-electron chi connectivity index (χ4n) is 4.60. The second-order valence-electron chi connectivity index (χ2n) is 11.1. The van der Waals surface area contributed by atoms with E-state index in [2.05, 4.69) is 10.3 Å². The second kappa shape index (κ2) is 14.5. The van der Waals surface area contributed by atoms with Gasteiger partial charge in [0.25, 0.3) is 0 Å². The molecule has 1 aliphatic carbocycles. The van der Waals surface area contributed by atoms with Crippen LogP contribution in [0.5, 0.6) is 5.75 Å². The van der Waals surface area contributed by atoms with Crippen LogP contribution in [0.3, 0.4) is 0 Å². The summed E-state index contributed by atoms with van der Waals surface area (Å²) in [7, 11) is -0.763. The largest absolute Gasteiger partial charge is 0.480 e. The lowest BCUT2D eigenvalue weighted by atomic mass is 10.1. The number of nitrogens with zero attached hydrogens (tertiary/aromatic N) is 5. The first-order valence-corrected chi connectivity index (χ1v) is 16.4. The predicted octanol–water partition coefficient (Wildman–Crippen LogP) is 4.28. The van der Waals surface area contributed by atoms with Crippen molar-refractivity contribution in [3.63, 3.8) is 0 Å². The predicted molar refractivity (Wildman–Crippen MR) is 169 cm³/mol. The van der Waals surface area contributed by atoms with E-state index >= 15 is 0 Å². The summed E-state index contributed by atoms with van der Waals surface area (Å²) in [5.74, 6) is -0.973. The van der Waals surface area contributed by atoms with Gasteiger partial charge in [-0.05, 0) is 74.6 Å². The molecule has 1 aromatic heterocycles. The number of amides is 1. The topological polar surface area (TPSA) is 145 Å². The van der Waals surface area contributed by atoms with E-state index in [0.29, 0.717) is 42.6 Å². The Morgan fingerprint density at radius 3 is 2.24 bits per heavy atom. The number of carbonyl (C=O) groups is 2. The van der Waals surface area contributed by atoms with Crippen molar-refractivity contribution in [1.29, 1.82) is 0 Å². The van der Waals surface area contributed by atoms with Gasteiger partial charge in [0.15, 0.2) is 15.7 Å². The molecule has 14 heteroatoms.